The standard InChI is InChI=1S/C30H41N7O3/c1-35-25-18-31-30(34-28(25)37(16-13-27(35)38)23-5-3-4-6-23)33-24-10-9-21(17-26(24)40-2)29(39)32-22-11-14-36(15-12-22)19-20-7-8-20/h9-10,17-18,20,22-23H,3-8,11-16,19H2,1-2H3,(H,32,39)(H,31,33,34). The number of fused-ring (bicyclic) bond motifs is 1. The Kier molecular flexibility index (Phi) is 7.78. The van der Waals surface area contributed by atoms with Crippen molar-refractivity contribution in [2.24, 2.45) is 5.92 Å². The van der Waals surface area contributed by atoms with Crippen molar-refractivity contribution in [1.82, 2.24) is 20.2 Å². The third-order valence-electron chi connectivity index (χ3n) is 8.94. The quantitative estimate of drug-likeness (QED) is 0.512. The Morgan fingerprint density at radius 2 is 1.85 bits per heavy atom. The zero-order chi connectivity index (χ0) is 27.6. The predicted molar refractivity (Wildman–Crippen MR) is 156 cm³/mol. The summed E-state index contributed by atoms with van der Waals surface area (Å²) in [5, 5.41) is 6.51. The van der Waals surface area contributed by atoms with E-state index in [4.69, 9.17) is 9.72 Å². The number of methoxy groups -OCH3 is 1. The van der Waals surface area contributed by atoms with Gasteiger partial charge in [0.25, 0.3) is 5.91 Å². The van der Waals surface area contributed by atoms with E-state index in [1.807, 2.05) is 12.1 Å². The summed E-state index contributed by atoms with van der Waals surface area (Å²) in [5.41, 5.74) is 1.98. The molecule has 0 spiro atoms. The van der Waals surface area contributed by atoms with Gasteiger partial charge in [-0.15, -0.1) is 0 Å². The summed E-state index contributed by atoms with van der Waals surface area (Å²) >= 11 is 0. The van der Waals surface area contributed by atoms with E-state index in [1.165, 1.54) is 32.2 Å². The maximum Gasteiger partial charge on any atom is 0.251 e. The van der Waals surface area contributed by atoms with Crippen LogP contribution < -0.4 is 25.2 Å². The molecule has 3 heterocycles. The highest BCUT2D eigenvalue weighted by Gasteiger charge is 2.32. The second kappa shape index (κ2) is 11.6. The number of hydrogen-bond acceptors (Lipinski definition) is 8. The lowest BCUT2D eigenvalue weighted by Gasteiger charge is -2.32. The van der Waals surface area contributed by atoms with Crippen molar-refractivity contribution in [2.45, 2.75) is 69.9 Å². The second-order valence-corrected chi connectivity index (χ2v) is 11.8. The molecule has 2 N–H and O–H groups in total. The molecule has 4 aliphatic rings. The summed E-state index contributed by atoms with van der Waals surface area (Å²) in [4.78, 5) is 41.6. The molecule has 2 aliphatic heterocycles. The van der Waals surface area contributed by atoms with Crippen molar-refractivity contribution in [1.29, 1.82) is 0 Å². The van der Waals surface area contributed by atoms with Gasteiger partial charge < -0.3 is 30.1 Å². The molecule has 214 valence electrons. The first-order valence-corrected chi connectivity index (χ1v) is 14.9. The lowest BCUT2D eigenvalue weighted by Crippen LogP contribution is -2.45. The van der Waals surface area contributed by atoms with Crippen LogP contribution in [-0.2, 0) is 4.79 Å². The fourth-order valence-electron chi connectivity index (χ4n) is 6.32. The molecular formula is C30H41N7O3. The molecule has 2 aliphatic carbocycles. The summed E-state index contributed by atoms with van der Waals surface area (Å²) < 4.78 is 5.65. The number of carbonyl (C=O) groups is 2. The monoisotopic (exact) mass is 547 g/mol. The number of piperidine rings is 1. The van der Waals surface area contributed by atoms with E-state index in [0.717, 1.165) is 56.2 Å². The van der Waals surface area contributed by atoms with E-state index >= 15 is 0 Å². The van der Waals surface area contributed by atoms with Gasteiger partial charge in [-0.05, 0) is 62.6 Å². The predicted octanol–water partition coefficient (Wildman–Crippen LogP) is 3.95. The molecule has 1 saturated heterocycles. The van der Waals surface area contributed by atoms with Gasteiger partial charge in [-0.3, -0.25) is 9.59 Å². The molecule has 40 heavy (non-hydrogen) atoms. The van der Waals surface area contributed by atoms with Crippen LogP contribution in [0.1, 0.15) is 68.1 Å². The summed E-state index contributed by atoms with van der Waals surface area (Å²) in [6, 6.07) is 6.00. The van der Waals surface area contributed by atoms with Gasteiger partial charge in [0.2, 0.25) is 11.9 Å². The molecule has 3 fully saturated rings. The average molecular weight is 548 g/mol. The van der Waals surface area contributed by atoms with Gasteiger partial charge in [-0.2, -0.15) is 4.98 Å². The fourth-order valence-corrected chi connectivity index (χ4v) is 6.32. The number of rotatable bonds is 8. The number of nitrogens with zero attached hydrogens (tertiary/aromatic N) is 5. The number of nitrogens with one attached hydrogen (secondary N) is 2. The highest BCUT2D eigenvalue weighted by Crippen LogP contribution is 2.37. The van der Waals surface area contributed by atoms with Crippen LogP contribution in [0.3, 0.4) is 0 Å². The van der Waals surface area contributed by atoms with E-state index in [9.17, 15) is 9.59 Å². The van der Waals surface area contributed by atoms with Crippen molar-refractivity contribution < 1.29 is 14.3 Å². The topological polar surface area (TPSA) is 103 Å². The van der Waals surface area contributed by atoms with E-state index in [-0.39, 0.29) is 17.9 Å². The molecule has 2 saturated carbocycles. The summed E-state index contributed by atoms with van der Waals surface area (Å²) in [6.07, 6.45) is 11.5. The van der Waals surface area contributed by atoms with Crippen LogP contribution in [0.2, 0.25) is 0 Å². The average Bonchev–Trinajstić information content (AvgIpc) is 3.65. The minimum atomic E-state index is -0.0771. The zero-order valence-corrected chi connectivity index (χ0v) is 23.7. The molecule has 10 heteroatoms. The normalized spacial score (nSPS) is 20.8. The molecule has 6 rings (SSSR count). The third kappa shape index (κ3) is 5.87. The van der Waals surface area contributed by atoms with E-state index < -0.39 is 0 Å². The lowest BCUT2D eigenvalue weighted by atomic mass is 10.0. The molecular weight excluding hydrogens is 506 g/mol. The van der Waals surface area contributed by atoms with Gasteiger partial charge in [0.05, 0.1) is 19.0 Å². The lowest BCUT2D eigenvalue weighted by molar-refractivity contribution is -0.118. The highest BCUT2D eigenvalue weighted by atomic mass is 16.5. The first-order valence-electron chi connectivity index (χ1n) is 14.9. The van der Waals surface area contributed by atoms with Crippen molar-refractivity contribution in [2.75, 3.05) is 55.5 Å². The molecule has 0 bridgehead atoms. The number of amides is 2. The molecule has 1 aromatic heterocycles. The van der Waals surface area contributed by atoms with Crippen molar-refractivity contribution in [3.8, 4) is 5.75 Å². The summed E-state index contributed by atoms with van der Waals surface area (Å²) in [5.74, 6) is 2.66. The summed E-state index contributed by atoms with van der Waals surface area (Å²) in [6.45, 7) is 3.98. The molecule has 1 aromatic carbocycles. The number of aromatic nitrogens is 2. The first kappa shape index (κ1) is 26.8. The molecule has 0 unspecified atom stereocenters. The molecule has 0 radical (unpaired) electrons. The Morgan fingerprint density at radius 3 is 2.58 bits per heavy atom. The van der Waals surface area contributed by atoms with Crippen molar-refractivity contribution in [3.05, 3.63) is 30.0 Å². The maximum atomic E-state index is 13.1. The largest absolute Gasteiger partial charge is 0.495 e. The first-order chi connectivity index (χ1) is 19.5. The summed E-state index contributed by atoms with van der Waals surface area (Å²) in [7, 11) is 3.39. The number of benzene rings is 1. The molecule has 2 amide bonds. The number of likely N-dealkylation sites (tertiary alicyclic amines) is 1. The van der Waals surface area contributed by atoms with Gasteiger partial charge in [0, 0.05) is 57.3 Å². The van der Waals surface area contributed by atoms with Gasteiger partial charge in [0.15, 0.2) is 5.82 Å². The number of anilines is 4. The molecule has 10 nitrogen and oxygen atoms in total. The molecule has 2 aromatic rings. The second-order valence-electron chi connectivity index (χ2n) is 11.8. The minimum Gasteiger partial charge on any atom is -0.495 e. The van der Waals surface area contributed by atoms with Crippen LogP contribution in [0.4, 0.5) is 23.1 Å². The van der Waals surface area contributed by atoms with Crippen LogP contribution in [0, 0.1) is 5.92 Å². The minimum absolute atomic E-state index is 0.0744. The maximum absolute atomic E-state index is 13.1. The Hall–Kier alpha value is -3.40. The fraction of sp³-hybridized carbons (Fsp3) is 0.600. The van der Waals surface area contributed by atoms with Crippen molar-refractivity contribution in [3.63, 3.8) is 0 Å². The number of ether oxygens (including phenoxy) is 1. The van der Waals surface area contributed by atoms with Crippen LogP contribution in [0.25, 0.3) is 0 Å². The third-order valence-corrected chi connectivity index (χ3v) is 8.94. The molecule has 0 atom stereocenters. The Bertz CT molecular complexity index is 1240. The van der Waals surface area contributed by atoms with Crippen LogP contribution >= 0.6 is 0 Å². The van der Waals surface area contributed by atoms with E-state index in [0.29, 0.717) is 42.0 Å². The van der Waals surface area contributed by atoms with Gasteiger partial charge in [-0.1, -0.05) is 12.8 Å². The number of hydrogen-bond donors (Lipinski definition) is 2. The number of carbonyl (C=O) groups excluding carboxylic acids is 2. The van der Waals surface area contributed by atoms with Gasteiger partial charge in [-0.25, -0.2) is 4.98 Å². The van der Waals surface area contributed by atoms with E-state index in [1.54, 1.807) is 31.3 Å². The van der Waals surface area contributed by atoms with E-state index in [2.05, 4.69) is 25.4 Å². The smallest absolute Gasteiger partial charge is 0.251 e. The highest BCUT2D eigenvalue weighted by molar-refractivity contribution is 5.97. The Morgan fingerprint density at radius 1 is 1.07 bits per heavy atom. The van der Waals surface area contributed by atoms with Crippen LogP contribution in [0.5, 0.6) is 5.75 Å². The van der Waals surface area contributed by atoms with Crippen molar-refractivity contribution >= 4 is 35.0 Å². The van der Waals surface area contributed by atoms with Gasteiger partial charge in [0.1, 0.15) is 11.4 Å². The van der Waals surface area contributed by atoms with Crippen LogP contribution in [-0.4, -0.2) is 79.1 Å². The Balaban J connectivity index is 1.15. The van der Waals surface area contributed by atoms with Gasteiger partial charge >= 0.3 is 0 Å². The van der Waals surface area contributed by atoms with Crippen LogP contribution in [0.15, 0.2) is 24.4 Å². The Labute approximate surface area is 236 Å². The zero-order valence-electron chi connectivity index (χ0n) is 23.7. The SMILES string of the molecule is COc1cc(C(=O)NC2CCN(CC3CC3)CC2)ccc1Nc1ncc2c(n1)N(C1CCCC1)CCC(=O)N2C.